The Labute approximate surface area is 170 Å². The number of hydrogen-bond acceptors (Lipinski definition) is 7. The highest BCUT2D eigenvalue weighted by atomic mass is 19.4. The van der Waals surface area contributed by atoms with Gasteiger partial charge in [-0.2, -0.15) is 18.2 Å². The second kappa shape index (κ2) is 9.33. The lowest BCUT2D eigenvalue weighted by Gasteiger charge is -2.33. The van der Waals surface area contributed by atoms with Gasteiger partial charge in [-0.3, -0.25) is 4.79 Å². The Morgan fingerprint density at radius 2 is 2.13 bits per heavy atom. The summed E-state index contributed by atoms with van der Waals surface area (Å²) in [6.07, 6.45) is -3.88. The van der Waals surface area contributed by atoms with Crippen LogP contribution >= 0.6 is 0 Å². The summed E-state index contributed by atoms with van der Waals surface area (Å²) in [6.45, 7) is 1.37. The molecule has 3 rings (SSSR count). The van der Waals surface area contributed by atoms with E-state index in [0.717, 1.165) is 5.56 Å². The van der Waals surface area contributed by atoms with Crippen molar-refractivity contribution in [1.29, 1.82) is 0 Å². The van der Waals surface area contributed by atoms with Gasteiger partial charge in [-0.25, -0.2) is 0 Å². The number of carbonyl (C=O) groups is 1. The highest BCUT2D eigenvalue weighted by Crippen LogP contribution is 2.30. The zero-order valence-corrected chi connectivity index (χ0v) is 16.6. The Morgan fingerprint density at radius 3 is 2.80 bits per heavy atom. The van der Waals surface area contributed by atoms with Crippen LogP contribution in [0.5, 0.6) is 11.5 Å². The van der Waals surface area contributed by atoms with Gasteiger partial charge < -0.3 is 23.6 Å². The molecule has 0 radical (unpaired) electrons. The largest absolute Gasteiger partial charge is 0.493 e. The first-order valence-corrected chi connectivity index (χ1v) is 9.30. The van der Waals surface area contributed by atoms with E-state index in [9.17, 15) is 18.0 Å². The first-order chi connectivity index (χ1) is 14.3. The monoisotopic (exact) mass is 429 g/mol. The van der Waals surface area contributed by atoms with Crippen LogP contribution in [0, 0.1) is 6.92 Å². The molecule has 30 heavy (non-hydrogen) atoms. The Balaban J connectivity index is 1.63. The van der Waals surface area contributed by atoms with Crippen molar-refractivity contribution in [2.24, 2.45) is 0 Å². The number of amides is 1. The average Bonchev–Trinajstić information content (AvgIpc) is 3.16. The number of hydrogen-bond donors (Lipinski definition) is 0. The van der Waals surface area contributed by atoms with Gasteiger partial charge in [-0.1, -0.05) is 11.2 Å². The molecule has 1 aromatic carbocycles. The van der Waals surface area contributed by atoms with Crippen molar-refractivity contribution in [2.75, 3.05) is 33.5 Å². The van der Waals surface area contributed by atoms with Crippen LogP contribution in [0.3, 0.4) is 0 Å². The van der Waals surface area contributed by atoms with E-state index in [1.54, 1.807) is 24.0 Å². The third-order valence-corrected chi connectivity index (χ3v) is 4.52. The van der Waals surface area contributed by atoms with Crippen molar-refractivity contribution in [3.8, 4) is 11.5 Å². The molecule has 0 unspecified atom stereocenters. The van der Waals surface area contributed by atoms with E-state index in [-0.39, 0.29) is 30.4 Å². The zero-order chi connectivity index (χ0) is 21.7. The molecule has 2 heterocycles. The summed E-state index contributed by atoms with van der Waals surface area (Å²) in [5, 5.41) is 3.76. The Kier molecular flexibility index (Phi) is 6.80. The quantitative estimate of drug-likeness (QED) is 0.669. The van der Waals surface area contributed by atoms with Gasteiger partial charge in [0.15, 0.2) is 23.9 Å². The summed E-state index contributed by atoms with van der Waals surface area (Å²) in [6, 6.07) is 4.14. The standard InChI is InChI=1S/C19H22F3N3O5/c1-12-23-18(30-24-12)14-10-28-8-7-25(14)17(26)6-4-13-3-5-15(16(9-13)27-2)29-11-19(20,21)22/h3,5,9,14H,4,6-8,10-11H2,1-2H3/t14-/m1/s1. The van der Waals surface area contributed by atoms with Gasteiger partial charge in [0, 0.05) is 13.0 Å². The predicted molar refractivity (Wildman–Crippen MR) is 97.2 cm³/mol. The van der Waals surface area contributed by atoms with Gasteiger partial charge in [-0.15, -0.1) is 0 Å². The van der Waals surface area contributed by atoms with E-state index < -0.39 is 18.8 Å². The van der Waals surface area contributed by atoms with Crippen molar-refractivity contribution in [1.82, 2.24) is 15.0 Å². The van der Waals surface area contributed by atoms with Crippen LogP contribution in [0.15, 0.2) is 22.7 Å². The number of carbonyl (C=O) groups excluding carboxylic acids is 1. The van der Waals surface area contributed by atoms with Crippen LogP contribution in [0.2, 0.25) is 0 Å². The molecule has 2 aromatic rings. The number of aryl methyl sites for hydroxylation is 2. The van der Waals surface area contributed by atoms with Crippen molar-refractivity contribution in [2.45, 2.75) is 32.0 Å². The van der Waals surface area contributed by atoms with E-state index in [1.165, 1.54) is 13.2 Å². The van der Waals surface area contributed by atoms with Crippen LogP contribution in [0.1, 0.15) is 29.7 Å². The lowest BCUT2D eigenvalue weighted by atomic mass is 10.1. The lowest BCUT2D eigenvalue weighted by Crippen LogP contribution is -2.43. The summed E-state index contributed by atoms with van der Waals surface area (Å²) in [4.78, 5) is 18.6. The summed E-state index contributed by atoms with van der Waals surface area (Å²) in [5.74, 6) is 0.853. The molecule has 0 spiro atoms. The van der Waals surface area contributed by atoms with Crippen LogP contribution in [-0.4, -0.2) is 60.6 Å². The molecule has 11 heteroatoms. The topological polar surface area (TPSA) is 86.9 Å². The fourth-order valence-electron chi connectivity index (χ4n) is 3.10. The minimum Gasteiger partial charge on any atom is -0.493 e. The van der Waals surface area contributed by atoms with Gasteiger partial charge in [-0.05, 0) is 31.0 Å². The molecule has 1 aliphatic heterocycles. The molecule has 0 aliphatic carbocycles. The number of alkyl halides is 3. The van der Waals surface area contributed by atoms with Gasteiger partial charge in [0.1, 0.15) is 6.04 Å². The average molecular weight is 429 g/mol. The van der Waals surface area contributed by atoms with E-state index in [2.05, 4.69) is 10.1 Å². The SMILES string of the molecule is COc1cc(CCC(=O)N2CCOC[C@@H]2c2nc(C)no2)ccc1OCC(F)(F)F. The molecule has 0 saturated carbocycles. The lowest BCUT2D eigenvalue weighted by molar-refractivity contribution is -0.153. The molecule has 1 atom stereocenters. The number of rotatable bonds is 7. The maximum absolute atomic E-state index is 12.8. The fourth-order valence-corrected chi connectivity index (χ4v) is 3.10. The Morgan fingerprint density at radius 1 is 1.33 bits per heavy atom. The smallest absolute Gasteiger partial charge is 0.422 e. The van der Waals surface area contributed by atoms with Gasteiger partial charge in [0.2, 0.25) is 5.91 Å². The number of benzene rings is 1. The van der Waals surface area contributed by atoms with E-state index in [1.807, 2.05) is 0 Å². The van der Waals surface area contributed by atoms with Gasteiger partial charge >= 0.3 is 6.18 Å². The molecule has 1 saturated heterocycles. The molecule has 0 N–H and O–H groups in total. The maximum atomic E-state index is 12.8. The van der Waals surface area contributed by atoms with E-state index in [4.69, 9.17) is 18.7 Å². The first-order valence-electron chi connectivity index (χ1n) is 9.30. The van der Waals surface area contributed by atoms with Crippen molar-refractivity contribution in [3.05, 3.63) is 35.5 Å². The number of aromatic nitrogens is 2. The van der Waals surface area contributed by atoms with Crippen molar-refractivity contribution in [3.63, 3.8) is 0 Å². The van der Waals surface area contributed by atoms with Crippen LogP contribution in [-0.2, 0) is 16.0 Å². The number of ether oxygens (including phenoxy) is 3. The van der Waals surface area contributed by atoms with Gasteiger partial charge in [0.25, 0.3) is 5.89 Å². The van der Waals surface area contributed by atoms with E-state index >= 15 is 0 Å². The zero-order valence-electron chi connectivity index (χ0n) is 16.6. The van der Waals surface area contributed by atoms with Gasteiger partial charge in [0.05, 0.1) is 20.3 Å². The normalized spacial score (nSPS) is 17.1. The van der Waals surface area contributed by atoms with Crippen molar-refractivity contribution >= 4 is 5.91 Å². The van der Waals surface area contributed by atoms with Crippen LogP contribution in [0.4, 0.5) is 13.2 Å². The van der Waals surface area contributed by atoms with Crippen molar-refractivity contribution < 1.29 is 36.7 Å². The molecule has 8 nitrogen and oxygen atoms in total. The maximum Gasteiger partial charge on any atom is 0.422 e. The second-order valence-corrected chi connectivity index (χ2v) is 6.75. The number of nitrogens with zero attached hydrogens (tertiary/aromatic N) is 3. The number of halogens is 3. The second-order valence-electron chi connectivity index (χ2n) is 6.75. The van der Waals surface area contributed by atoms with Crippen LogP contribution < -0.4 is 9.47 Å². The Bertz CT molecular complexity index is 871. The molecular formula is C19H22F3N3O5. The molecule has 1 amide bonds. The number of methoxy groups -OCH3 is 1. The minimum atomic E-state index is -4.44. The Hall–Kier alpha value is -2.82. The first kappa shape index (κ1) is 21.9. The summed E-state index contributed by atoms with van der Waals surface area (Å²) in [7, 11) is 1.34. The molecule has 1 aliphatic rings. The van der Waals surface area contributed by atoms with Crippen LogP contribution in [0.25, 0.3) is 0 Å². The minimum absolute atomic E-state index is 0.00934. The highest BCUT2D eigenvalue weighted by molar-refractivity contribution is 5.77. The summed E-state index contributed by atoms with van der Waals surface area (Å²) in [5.41, 5.74) is 0.734. The molecule has 1 fully saturated rings. The molecule has 164 valence electrons. The molecular weight excluding hydrogens is 407 g/mol. The predicted octanol–water partition coefficient (Wildman–Crippen LogP) is 2.86. The molecule has 0 bridgehead atoms. The van der Waals surface area contributed by atoms with E-state index in [0.29, 0.717) is 31.3 Å². The summed E-state index contributed by atoms with van der Waals surface area (Å²) >= 11 is 0. The third-order valence-electron chi connectivity index (χ3n) is 4.52. The fraction of sp³-hybridized carbons (Fsp3) is 0.526. The number of morpholine rings is 1. The highest BCUT2D eigenvalue weighted by Gasteiger charge is 2.32. The summed E-state index contributed by atoms with van der Waals surface area (Å²) < 4.78 is 57.6. The third kappa shape index (κ3) is 5.62. The molecule has 1 aromatic heterocycles.